The molecule has 0 aromatic carbocycles. The first-order chi connectivity index (χ1) is 9.31. The molecule has 0 spiro atoms. The highest BCUT2D eigenvalue weighted by molar-refractivity contribution is 7.99. The number of carbonyl (C=O) groups is 1. The van der Waals surface area contributed by atoms with Gasteiger partial charge >= 0.3 is 5.97 Å². The molecule has 4 heteroatoms. The van der Waals surface area contributed by atoms with Crippen LogP contribution in [0.25, 0.3) is 0 Å². The summed E-state index contributed by atoms with van der Waals surface area (Å²) in [4.78, 5) is 15.2. The van der Waals surface area contributed by atoms with E-state index in [1.807, 2.05) is 13.1 Å². The number of H-pyrrole nitrogens is 1. The van der Waals surface area contributed by atoms with Crippen molar-refractivity contribution < 1.29 is 9.53 Å². The standard InChI is InChI=1S/C15H17NO2S/c1-2-18-15(17)14-13-9-4-3-8(10(13)5-16-14)11-6-19-7-12(9)11/h3-5,8-9,11-12,16H,2,6-7H2,1H3/t8-,9-,11+,12-/m0/s1. The van der Waals surface area contributed by atoms with Crippen LogP contribution in [-0.4, -0.2) is 29.1 Å². The minimum absolute atomic E-state index is 0.202. The van der Waals surface area contributed by atoms with Crippen LogP contribution in [-0.2, 0) is 4.74 Å². The number of carbonyl (C=O) groups excluding carboxylic acids is 1. The van der Waals surface area contributed by atoms with Gasteiger partial charge in [-0.3, -0.25) is 0 Å². The van der Waals surface area contributed by atoms with Crippen LogP contribution >= 0.6 is 11.8 Å². The highest BCUT2D eigenvalue weighted by Gasteiger charge is 2.48. The number of thioether (sulfide) groups is 1. The van der Waals surface area contributed by atoms with E-state index in [0.29, 0.717) is 30.1 Å². The average Bonchev–Trinajstić information content (AvgIpc) is 3.07. The maximum Gasteiger partial charge on any atom is 0.355 e. The van der Waals surface area contributed by atoms with Gasteiger partial charge in [0.25, 0.3) is 0 Å². The average molecular weight is 275 g/mol. The van der Waals surface area contributed by atoms with Crippen LogP contribution in [0.3, 0.4) is 0 Å². The minimum atomic E-state index is -0.202. The Labute approximate surface area is 116 Å². The molecule has 1 aromatic rings. The van der Waals surface area contributed by atoms with Crippen LogP contribution in [0.1, 0.15) is 40.4 Å². The van der Waals surface area contributed by atoms with E-state index in [1.165, 1.54) is 22.6 Å². The molecule has 1 aliphatic heterocycles. The van der Waals surface area contributed by atoms with Crippen molar-refractivity contribution in [3.63, 3.8) is 0 Å². The highest BCUT2D eigenvalue weighted by atomic mass is 32.2. The topological polar surface area (TPSA) is 42.1 Å². The Morgan fingerprint density at radius 3 is 2.89 bits per heavy atom. The molecule has 0 saturated carbocycles. The van der Waals surface area contributed by atoms with Crippen molar-refractivity contribution in [2.24, 2.45) is 11.8 Å². The summed E-state index contributed by atoms with van der Waals surface area (Å²) in [6, 6.07) is 0. The van der Waals surface area contributed by atoms with Gasteiger partial charge in [0.05, 0.1) is 6.61 Å². The number of nitrogens with one attached hydrogen (secondary N) is 1. The first-order valence-electron chi connectivity index (χ1n) is 6.95. The predicted octanol–water partition coefficient (Wildman–Crippen LogP) is 2.92. The van der Waals surface area contributed by atoms with Crippen LogP contribution in [0, 0.1) is 11.8 Å². The molecule has 19 heavy (non-hydrogen) atoms. The molecule has 1 N–H and O–H groups in total. The number of aromatic nitrogens is 1. The van der Waals surface area contributed by atoms with Gasteiger partial charge in [-0.2, -0.15) is 11.8 Å². The normalized spacial score (nSPS) is 34.2. The molecule has 5 rings (SSSR count). The van der Waals surface area contributed by atoms with Gasteiger partial charge in [-0.25, -0.2) is 4.79 Å². The number of esters is 1. The largest absolute Gasteiger partial charge is 0.461 e. The van der Waals surface area contributed by atoms with Crippen molar-refractivity contribution in [3.05, 3.63) is 35.2 Å². The van der Waals surface area contributed by atoms with Crippen molar-refractivity contribution >= 4 is 17.7 Å². The fourth-order valence-corrected chi connectivity index (χ4v) is 5.54. The van der Waals surface area contributed by atoms with Gasteiger partial charge in [0.15, 0.2) is 0 Å². The minimum Gasteiger partial charge on any atom is -0.461 e. The van der Waals surface area contributed by atoms with Gasteiger partial charge in [0.1, 0.15) is 5.69 Å². The van der Waals surface area contributed by atoms with Crippen LogP contribution in [0.15, 0.2) is 18.3 Å². The van der Waals surface area contributed by atoms with E-state index >= 15 is 0 Å². The molecule has 0 radical (unpaired) electrons. The second-order valence-electron chi connectivity index (χ2n) is 5.55. The first kappa shape index (κ1) is 11.6. The Morgan fingerprint density at radius 2 is 2.11 bits per heavy atom. The zero-order valence-electron chi connectivity index (χ0n) is 10.9. The third-order valence-corrected chi connectivity index (χ3v) is 5.98. The Kier molecular flexibility index (Phi) is 2.56. The van der Waals surface area contributed by atoms with E-state index in [4.69, 9.17) is 4.74 Å². The van der Waals surface area contributed by atoms with E-state index in [2.05, 4.69) is 28.9 Å². The second kappa shape index (κ2) is 4.17. The summed E-state index contributed by atoms with van der Waals surface area (Å²) in [6.07, 6.45) is 6.70. The molecule has 3 nitrogen and oxygen atoms in total. The van der Waals surface area contributed by atoms with Gasteiger partial charge in [0, 0.05) is 18.0 Å². The summed E-state index contributed by atoms with van der Waals surface area (Å²) in [7, 11) is 0. The van der Waals surface area contributed by atoms with Crippen molar-refractivity contribution in [2.75, 3.05) is 18.1 Å². The maximum absolute atomic E-state index is 12.1. The smallest absolute Gasteiger partial charge is 0.355 e. The Balaban J connectivity index is 1.80. The third-order valence-electron chi connectivity index (χ3n) is 4.74. The highest BCUT2D eigenvalue weighted by Crippen LogP contribution is 2.57. The number of ether oxygens (including phenoxy) is 1. The molecular formula is C15H17NO2S. The molecule has 0 amide bonds. The second-order valence-corrected chi connectivity index (χ2v) is 6.63. The van der Waals surface area contributed by atoms with Crippen molar-refractivity contribution in [1.29, 1.82) is 0 Å². The summed E-state index contributed by atoms with van der Waals surface area (Å²) in [5.41, 5.74) is 3.24. The quantitative estimate of drug-likeness (QED) is 0.666. The van der Waals surface area contributed by atoms with Gasteiger partial charge in [0.2, 0.25) is 0 Å². The summed E-state index contributed by atoms with van der Waals surface area (Å²) < 4.78 is 5.17. The van der Waals surface area contributed by atoms with Gasteiger partial charge in [-0.1, -0.05) is 12.2 Å². The lowest BCUT2D eigenvalue weighted by Crippen LogP contribution is -2.34. The number of rotatable bonds is 2. The zero-order valence-corrected chi connectivity index (χ0v) is 11.7. The summed E-state index contributed by atoms with van der Waals surface area (Å²) in [5.74, 6) is 4.66. The Morgan fingerprint density at radius 1 is 1.37 bits per heavy atom. The molecule has 1 fully saturated rings. The van der Waals surface area contributed by atoms with E-state index < -0.39 is 0 Å². The fourth-order valence-electron chi connectivity index (χ4n) is 3.95. The molecule has 4 aliphatic rings. The predicted molar refractivity (Wildman–Crippen MR) is 75.7 cm³/mol. The van der Waals surface area contributed by atoms with Crippen molar-refractivity contribution in [2.45, 2.75) is 18.8 Å². The van der Waals surface area contributed by atoms with Crippen molar-refractivity contribution in [1.82, 2.24) is 4.98 Å². The monoisotopic (exact) mass is 275 g/mol. The van der Waals surface area contributed by atoms with Crippen molar-refractivity contribution in [3.8, 4) is 0 Å². The van der Waals surface area contributed by atoms with Gasteiger partial charge in [-0.05, 0) is 41.4 Å². The molecule has 2 heterocycles. The molecule has 2 bridgehead atoms. The number of allylic oxidation sites excluding steroid dienone is 2. The molecule has 1 saturated heterocycles. The van der Waals surface area contributed by atoms with E-state index in [0.717, 1.165) is 5.92 Å². The molecular weight excluding hydrogens is 258 g/mol. The van der Waals surface area contributed by atoms with E-state index in [1.54, 1.807) is 0 Å². The van der Waals surface area contributed by atoms with Gasteiger partial charge < -0.3 is 9.72 Å². The molecule has 100 valence electrons. The molecule has 1 aromatic heterocycles. The fraction of sp³-hybridized carbons (Fsp3) is 0.533. The lowest BCUT2D eigenvalue weighted by Gasteiger charge is -2.41. The molecule has 0 unspecified atom stereocenters. The zero-order chi connectivity index (χ0) is 13.0. The Bertz CT molecular complexity index is 562. The van der Waals surface area contributed by atoms with Crippen LogP contribution in [0.2, 0.25) is 0 Å². The SMILES string of the molecule is CCOC(=O)c1[nH]cc2c1[C@H]1C=C[C@@H]2[C@H]2CSC[C@H]21. The summed E-state index contributed by atoms with van der Waals surface area (Å²) in [6.45, 7) is 2.28. The first-order valence-corrected chi connectivity index (χ1v) is 8.11. The number of aromatic amines is 1. The third kappa shape index (κ3) is 1.49. The number of hydrogen-bond donors (Lipinski definition) is 1. The number of hydrogen-bond acceptors (Lipinski definition) is 3. The summed E-state index contributed by atoms with van der Waals surface area (Å²) in [5, 5.41) is 0. The lowest BCUT2D eigenvalue weighted by atomic mass is 9.61. The summed E-state index contributed by atoms with van der Waals surface area (Å²) >= 11 is 2.06. The van der Waals surface area contributed by atoms with E-state index in [-0.39, 0.29) is 5.97 Å². The van der Waals surface area contributed by atoms with Gasteiger partial charge in [-0.15, -0.1) is 0 Å². The van der Waals surface area contributed by atoms with Crippen LogP contribution < -0.4 is 0 Å². The molecule has 4 atom stereocenters. The van der Waals surface area contributed by atoms with Crippen LogP contribution in [0.5, 0.6) is 0 Å². The lowest BCUT2D eigenvalue weighted by molar-refractivity contribution is 0.0517. The molecule has 3 aliphatic carbocycles. The Hall–Kier alpha value is -1.16. The van der Waals surface area contributed by atoms with E-state index in [9.17, 15) is 4.79 Å². The van der Waals surface area contributed by atoms with Crippen LogP contribution in [0.4, 0.5) is 0 Å². The maximum atomic E-state index is 12.1.